The molecule has 1 aromatic heterocycles. The molecule has 6 aromatic rings. The topological polar surface area (TPSA) is 178 Å². The minimum atomic E-state index is -0.804. The summed E-state index contributed by atoms with van der Waals surface area (Å²) in [5, 5.41) is 37.1. The quantitative estimate of drug-likeness (QED) is 0.0260. The number of aromatic amines is 1. The van der Waals surface area contributed by atoms with Crippen LogP contribution in [0.4, 0.5) is 0 Å². The Kier molecular flexibility index (Phi) is 19.7. The van der Waals surface area contributed by atoms with E-state index < -0.39 is 6.10 Å². The lowest BCUT2D eigenvalue weighted by molar-refractivity contribution is -0.643. The highest BCUT2D eigenvalue weighted by molar-refractivity contribution is 5.96. The van der Waals surface area contributed by atoms with Gasteiger partial charge in [-0.2, -0.15) is 0 Å². The van der Waals surface area contributed by atoms with Crippen molar-refractivity contribution in [2.75, 3.05) is 26.7 Å². The van der Waals surface area contributed by atoms with Gasteiger partial charge >= 0.3 is 0 Å². The molecule has 0 aliphatic heterocycles. The smallest absolute Gasteiger partial charge is 0.290 e. The number of carbonyl (C=O) groups excluding carboxylic acids is 1. The van der Waals surface area contributed by atoms with Crippen molar-refractivity contribution in [3.05, 3.63) is 177 Å². The predicted molar refractivity (Wildman–Crippen MR) is 237 cm³/mol. The number of Topliss-reactive ketones (excluding diaryl/α,β-unsaturated/α-hetero) is 1. The van der Waals surface area contributed by atoms with Crippen molar-refractivity contribution in [3.63, 3.8) is 0 Å². The van der Waals surface area contributed by atoms with Gasteiger partial charge in [0.1, 0.15) is 24.7 Å². The standard InChI is InChI=1S/C33H33N3O4.C15H23NO.CH2O2/c1-34-32(24-6-3-2-4-7-24)25-8-5-9-26(18-25)40-21-23-12-10-22(11-13-23)19-35-20-30(38)27-14-16-29(37)33-28(27)15-17-31(39)36-33;1-3-13(4-2)10-11-16-12-15(17)14-8-6-5-7-9-14;2-1-3/h2-18,30,32,34-35,37-38H,19-21H2,1H3,(H,36,39);5-9,13,16H,3-4,10-12H2,1-2H3;1H,(H,2,3)/p+1. The third-order valence-electron chi connectivity index (χ3n) is 10.3. The number of fused-ring (bicyclic) bond motifs is 1. The number of phenolic OH excluding ortho intramolecular Hbond substituents is 1. The number of aromatic hydroxyl groups is 1. The van der Waals surface area contributed by atoms with Crippen LogP contribution in [0, 0.1) is 5.92 Å². The number of carboxylic acid groups (broad SMARTS) is 1. The van der Waals surface area contributed by atoms with Crippen LogP contribution in [-0.4, -0.2) is 59.2 Å². The van der Waals surface area contributed by atoms with Crippen LogP contribution in [0.2, 0.25) is 0 Å². The number of hydrogen-bond acceptors (Lipinski definition) is 8. The molecule has 0 aliphatic rings. The summed E-state index contributed by atoms with van der Waals surface area (Å²) < 4.78 is 6.10. The first-order chi connectivity index (χ1) is 29.2. The fourth-order valence-corrected chi connectivity index (χ4v) is 6.91. The van der Waals surface area contributed by atoms with Crippen LogP contribution in [0.5, 0.6) is 11.5 Å². The van der Waals surface area contributed by atoms with Crippen LogP contribution >= 0.6 is 0 Å². The van der Waals surface area contributed by atoms with Crippen molar-refractivity contribution in [2.45, 2.75) is 58.4 Å². The maximum absolute atomic E-state index is 11.8. The molecule has 0 aliphatic carbocycles. The van der Waals surface area contributed by atoms with Crippen LogP contribution in [0.15, 0.2) is 138 Å². The zero-order valence-electron chi connectivity index (χ0n) is 34.7. The van der Waals surface area contributed by atoms with Crippen LogP contribution in [0.25, 0.3) is 10.9 Å². The fourth-order valence-electron chi connectivity index (χ4n) is 6.91. The van der Waals surface area contributed by atoms with E-state index >= 15 is 0 Å². The number of nitrogens with one attached hydrogen (secondary N) is 3. The second-order valence-electron chi connectivity index (χ2n) is 14.4. The van der Waals surface area contributed by atoms with E-state index in [2.05, 4.69) is 59.0 Å². The number of H-pyrrole nitrogens is 1. The molecule has 6 rings (SSSR count). The number of pyridine rings is 1. The fraction of sp³-hybridized carbons (Fsp3) is 0.286. The molecule has 11 nitrogen and oxygen atoms in total. The van der Waals surface area contributed by atoms with E-state index in [0.29, 0.717) is 42.7 Å². The number of nitrogens with two attached hydrogens (primary N) is 1. The molecule has 0 amide bonds. The Bertz CT molecular complexity index is 2230. The van der Waals surface area contributed by atoms with Crippen LogP contribution in [0.1, 0.15) is 83.4 Å². The molecule has 2 unspecified atom stereocenters. The highest BCUT2D eigenvalue weighted by Gasteiger charge is 2.15. The first-order valence-electron chi connectivity index (χ1n) is 20.4. The molecule has 60 heavy (non-hydrogen) atoms. The average Bonchev–Trinajstić information content (AvgIpc) is 3.28. The summed E-state index contributed by atoms with van der Waals surface area (Å²) in [6, 6.07) is 42.5. The maximum Gasteiger partial charge on any atom is 0.290 e. The van der Waals surface area contributed by atoms with Gasteiger partial charge in [0.05, 0.1) is 24.2 Å². The van der Waals surface area contributed by atoms with Crippen LogP contribution in [0.3, 0.4) is 0 Å². The van der Waals surface area contributed by atoms with Gasteiger partial charge in [-0.15, -0.1) is 0 Å². The molecule has 2 atom stereocenters. The number of hydrogen-bond donors (Lipinski definition) is 7. The van der Waals surface area contributed by atoms with Crippen molar-refractivity contribution >= 4 is 23.2 Å². The third-order valence-corrected chi connectivity index (χ3v) is 10.3. The lowest BCUT2D eigenvalue weighted by Gasteiger charge is -2.18. The molecule has 11 heteroatoms. The highest BCUT2D eigenvalue weighted by Crippen LogP contribution is 2.29. The van der Waals surface area contributed by atoms with E-state index in [9.17, 15) is 19.8 Å². The number of ketones is 1. The number of phenols is 1. The summed E-state index contributed by atoms with van der Waals surface area (Å²) in [5.74, 6) is 1.84. The first kappa shape index (κ1) is 46.6. The Morgan fingerprint density at radius 3 is 2.15 bits per heavy atom. The number of aliphatic hydroxyl groups is 1. The lowest BCUT2D eigenvalue weighted by Crippen LogP contribution is -2.86. The van der Waals surface area contributed by atoms with Gasteiger partial charge in [-0.1, -0.05) is 130 Å². The molecule has 0 saturated heterocycles. The number of rotatable bonds is 19. The molecule has 0 fully saturated rings. The van der Waals surface area contributed by atoms with Crippen molar-refractivity contribution in [1.29, 1.82) is 0 Å². The maximum atomic E-state index is 11.8. The van der Waals surface area contributed by atoms with E-state index in [4.69, 9.17) is 14.6 Å². The lowest BCUT2D eigenvalue weighted by atomic mass is 9.99. The Balaban J connectivity index is 0.000000331. The molecule has 5 aromatic carbocycles. The van der Waals surface area contributed by atoms with Crippen molar-refractivity contribution < 1.29 is 35.0 Å². The Labute approximate surface area is 352 Å². The molecule has 0 saturated carbocycles. The van der Waals surface area contributed by atoms with Crippen molar-refractivity contribution in [2.24, 2.45) is 5.92 Å². The van der Waals surface area contributed by atoms with Crippen molar-refractivity contribution in [3.8, 4) is 11.5 Å². The molecule has 0 radical (unpaired) electrons. The summed E-state index contributed by atoms with van der Waals surface area (Å²) in [6.45, 7) is 7.22. The molecule has 0 bridgehead atoms. The van der Waals surface area contributed by atoms with E-state index in [1.807, 2.05) is 92.0 Å². The zero-order valence-corrected chi connectivity index (χ0v) is 34.7. The van der Waals surface area contributed by atoms with Gasteiger partial charge in [-0.05, 0) is 71.5 Å². The van der Waals surface area contributed by atoms with Gasteiger partial charge in [0.15, 0.2) is 0 Å². The SMILES string of the molecule is CCC(CC)CC[NH2+]CC(=O)c1ccccc1.CNC(c1ccccc1)c1cccc(OCc2ccc(CNCC(O)c3ccc(O)c4[nH]c(=O)ccc34)cc2)c1.O=CO. The Hall–Kier alpha value is -6.11. The van der Waals surface area contributed by atoms with Crippen LogP contribution in [-0.2, 0) is 17.9 Å². The van der Waals surface area contributed by atoms with Gasteiger partial charge < -0.3 is 41.0 Å². The van der Waals surface area contributed by atoms with E-state index in [0.717, 1.165) is 40.5 Å². The number of benzene rings is 5. The summed E-state index contributed by atoms with van der Waals surface area (Å²) in [7, 11) is 1.96. The van der Waals surface area contributed by atoms with E-state index in [-0.39, 0.29) is 29.6 Å². The number of aromatic nitrogens is 1. The monoisotopic (exact) mass is 815 g/mol. The zero-order chi connectivity index (χ0) is 43.1. The molecular weight excluding hydrogens is 757 g/mol. The first-order valence-corrected chi connectivity index (χ1v) is 20.4. The summed E-state index contributed by atoms with van der Waals surface area (Å²) in [4.78, 5) is 34.4. The summed E-state index contributed by atoms with van der Waals surface area (Å²) in [5.41, 5.74) is 5.97. The van der Waals surface area contributed by atoms with Crippen molar-refractivity contribution in [1.82, 2.24) is 15.6 Å². The molecule has 316 valence electrons. The highest BCUT2D eigenvalue weighted by atomic mass is 16.5. The van der Waals surface area contributed by atoms with Gasteiger partial charge in [0, 0.05) is 30.1 Å². The largest absolute Gasteiger partial charge is 0.506 e. The average molecular weight is 816 g/mol. The van der Waals surface area contributed by atoms with E-state index in [1.54, 1.807) is 12.1 Å². The summed E-state index contributed by atoms with van der Waals surface area (Å²) >= 11 is 0. The number of carbonyl (C=O) groups is 2. The van der Waals surface area contributed by atoms with Gasteiger partial charge in [-0.3, -0.25) is 14.4 Å². The third kappa shape index (κ3) is 14.6. The normalized spacial score (nSPS) is 11.8. The number of ether oxygens (including phenoxy) is 1. The van der Waals surface area contributed by atoms with E-state index in [1.165, 1.54) is 37.0 Å². The minimum absolute atomic E-state index is 0.0252. The Morgan fingerprint density at radius 2 is 1.48 bits per heavy atom. The molecule has 0 spiro atoms. The number of aliphatic hydroxyl groups excluding tert-OH is 1. The second kappa shape index (κ2) is 25.4. The molecular formula is C49H59N4O7+. The van der Waals surface area contributed by atoms with Gasteiger partial charge in [0.2, 0.25) is 11.3 Å². The molecule has 8 N–H and O–H groups in total. The van der Waals surface area contributed by atoms with Gasteiger partial charge in [-0.25, -0.2) is 0 Å². The summed E-state index contributed by atoms with van der Waals surface area (Å²) in [6.07, 6.45) is 2.91. The molecule has 1 heterocycles. The number of quaternary nitrogens is 1. The second-order valence-corrected chi connectivity index (χ2v) is 14.4. The van der Waals surface area contributed by atoms with Gasteiger partial charge in [0.25, 0.3) is 6.47 Å². The van der Waals surface area contributed by atoms with Crippen LogP contribution < -0.4 is 26.2 Å². The Morgan fingerprint density at radius 1 is 0.833 bits per heavy atom. The predicted octanol–water partition coefficient (Wildman–Crippen LogP) is 6.90. The minimum Gasteiger partial charge on any atom is -0.506 e.